The van der Waals surface area contributed by atoms with Crippen molar-refractivity contribution in [2.75, 3.05) is 32.8 Å². The fourth-order valence-corrected chi connectivity index (χ4v) is 6.39. The quantitative estimate of drug-likeness (QED) is 0.182. The number of carboxylic acid groups (broad SMARTS) is 1. The van der Waals surface area contributed by atoms with Crippen LogP contribution >= 0.6 is 0 Å². The van der Waals surface area contributed by atoms with Gasteiger partial charge in [0.15, 0.2) is 6.61 Å². The highest BCUT2D eigenvalue weighted by molar-refractivity contribution is 7.88. The summed E-state index contributed by atoms with van der Waals surface area (Å²) in [7, 11) is -5.89. The van der Waals surface area contributed by atoms with Crippen LogP contribution in [0.5, 0.6) is 11.5 Å². The maximum absolute atomic E-state index is 13.3. The van der Waals surface area contributed by atoms with E-state index in [9.17, 15) is 31.2 Å². The van der Waals surface area contributed by atoms with Gasteiger partial charge in [-0.25, -0.2) is 4.79 Å². The molecule has 260 valence electrons. The second-order valence-corrected chi connectivity index (χ2v) is 13.3. The van der Waals surface area contributed by atoms with Gasteiger partial charge in [-0.05, 0) is 80.8 Å². The van der Waals surface area contributed by atoms with Gasteiger partial charge < -0.3 is 18.9 Å². The molecule has 0 unspecified atom stereocenters. The van der Waals surface area contributed by atoms with Crippen LogP contribution in [0, 0.1) is 0 Å². The van der Waals surface area contributed by atoms with E-state index in [0.29, 0.717) is 55.2 Å². The molecule has 0 aromatic heterocycles. The Morgan fingerprint density at radius 2 is 1.54 bits per heavy atom. The molecule has 3 aromatic rings. The molecule has 3 atom stereocenters. The molecule has 10 nitrogen and oxygen atoms in total. The van der Waals surface area contributed by atoms with Crippen LogP contribution in [0.15, 0.2) is 72.8 Å². The number of hydrogen-bond donors (Lipinski definition) is 1. The normalized spacial score (nSPS) is 18.2. The topological polar surface area (TPSA) is 117 Å². The third-order valence-electron chi connectivity index (χ3n) is 8.30. The number of nitrogens with zero attached hydrogens (tertiary/aromatic N) is 3. The third-order valence-corrected chi connectivity index (χ3v) is 9.28. The molecule has 48 heavy (non-hydrogen) atoms. The predicted molar refractivity (Wildman–Crippen MR) is 173 cm³/mol. The zero-order valence-electron chi connectivity index (χ0n) is 27.2. The van der Waals surface area contributed by atoms with Crippen LogP contribution in [0.2, 0.25) is 0 Å². The zero-order chi connectivity index (χ0) is 35.2. The number of carboxylic acids is 1. The molecule has 4 rings (SSSR count). The van der Waals surface area contributed by atoms with Gasteiger partial charge in [-0.3, -0.25) is 14.6 Å². The van der Waals surface area contributed by atoms with E-state index in [2.05, 4.69) is 20.9 Å². The SMILES string of the molecule is CCN(CC)C(=O)c1cccc([C@H](c2cccc(OS(=O)(=O)C(F)(F)F)c2)N2C[C@@H](C)N(Cc3cccc(OCC(=O)O)c3)C[C@@H]2C)c1. The van der Waals surface area contributed by atoms with Crippen LogP contribution in [0.4, 0.5) is 13.2 Å². The molecule has 1 heterocycles. The van der Waals surface area contributed by atoms with Gasteiger partial charge in [0.05, 0.1) is 6.04 Å². The Morgan fingerprint density at radius 3 is 2.19 bits per heavy atom. The van der Waals surface area contributed by atoms with Gasteiger partial charge in [0.25, 0.3) is 5.91 Å². The van der Waals surface area contributed by atoms with Gasteiger partial charge in [-0.2, -0.15) is 21.6 Å². The van der Waals surface area contributed by atoms with Crippen molar-refractivity contribution in [3.8, 4) is 11.5 Å². The summed E-state index contributed by atoms with van der Waals surface area (Å²) in [5.74, 6) is -1.26. The van der Waals surface area contributed by atoms with Crippen molar-refractivity contribution >= 4 is 22.0 Å². The van der Waals surface area contributed by atoms with Gasteiger partial charge in [0.1, 0.15) is 11.5 Å². The van der Waals surface area contributed by atoms with Gasteiger partial charge >= 0.3 is 21.6 Å². The monoisotopic (exact) mass is 691 g/mol. The minimum atomic E-state index is -5.89. The first-order chi connectivity index (χ1) is 22.6. The Labute approximate surface area is 278 Å². The van der Waals surface area contributed by atoms with Gasteiger partial charge in [0.2, 0.25) is 0 Å². The lowest BCUT2D eigenvalue weighted by Gasteiger charge is -2.48. The second-order valence-electron chi connectivity index (χ2n) is 11.7. The molecule has 0 radical (unpaired) electrons. The standard InChI is InChI=1S/C34H40F3N3O7S/c1-5-38(6-2)33(43)28-13-8-11-26(17-28)32(27-12-9-15-30(18-27)47-48(44,45)34(35,36)37)40-20-23(3)39(19-24(40)4)21-25-10-7-14-29(16-25)46-22-31(41)42/h7-18,23-24,32H,5-6,19-22H2,1-4H3,(H,41,42)/t23-,24+,32-/m1/s1. The number of benzene rings is 3. The Kier molecular flexibility index (Phi) is 11.8. The number of ether oxygens (including phenoxy) is 1. The predicted octanol–water partition coefficient (Wildman–Crippen LogP) is 5.54. The number of carbonyl (C=O) groups is 2. The summed E-state index contributed by atoms with van der Waals surface area (Å²) < 4.78 is 73.0. The Morgan fingerprint density at radius 1 is 0.917 bits per heavy atom. The molecule has 1 aliphatic heterocycles. The van der Waals surface area contributed by atoms with E-state index in [1.807, 2.05) is 32.9 Å². The smallest absolute Gasteiger partial charge is 0.482 e. The van der Waals surface area contributed by atoms with E-state index >= 15 is 0 Å². The first-order valence-electron chi connectivity index (χ1n) is 15.6. The first kappa shape index (κ1) is 36.7. The van der Waals surface area contributed by atoms with Crippen molar-refractivity contribution in [2.24, 2.45) is 0 Å². The third kappa shape index (κ3) is 8.85. The lowest BCUT2D eigenvalue weighted by Crippen LogP contribution is -2.56. The van der Waals surface area contributed by atoms with E-state index < -0.39 is 40.0 Å². The van der Waals surface area contributed by atoms with Crippen LogP contribution < -0.4 is 8.92 Å². The van der Waals surface area contributed by atoms with Crippen molar-refractivity contribution in [3.05, 3.63) is 95.1 Å². The average molecular weight is 692 g/mol. The maximum Gasteiger partial charge on any atom is 0.534 e. The largest absolute Gasteiger partial charge is 0.534 e. The fourth-order valence-electron chi connectivity index (χ4n) is 5.94. The van der Waals surface area contributed by atoms with Gasteiger partial charge in [-0.1, -0.05) is 36.4 Å². The number of carbonyl (C=O) groups excluding carboxylic acids is 1. The highest BCUT2D eigenvalue weighted by atomic mass is 32.2. The Bertz CT molecular complexity index is 1700. The van der Waals surface area contributed by atoms with E-state index in [-0.39, 0.29) is 18.0 Å². The highest BCUT2D eigenvalue weighted by Crippen LogP contribution is 2.36. The number of rotatable bonds is 13. The summed E-state index contributed by atoms with van der Waals surface area (Å²) in [5, 5.41) is 8.95. The lowest BCUT2D eigenvalue weighted by molar-refractivity contribution is -0.139. The second kappa shape index (κ2) is 15.4. The molecule has 0 aliphatic carbocycles. The van der Waals surface area contributed by atoms with Crippen molar-refractivity contribution in [3.63, 3.8) is 0 Å². The maximum atomic E-state index is 13.3. The molecule has 0 saturated carbocycles. The molecule has 14 heteroatoms. The number of hydrogen-bond acceptors (Lipinski definition) is 8. The van der Waals surface area contributed by atoms with E-state index in [1.165, 1.54) is 12.1 Å². The Hall–Kier alpha value is -4.14. The zero-order valence-corrected chi connectivity index (χ0v) is 28.0. The van der Waals surface area contributed by atoms with Crippen LogP contribution in [-0.2, 0) is 21.5 Å². The first-order valence-corrected chi connectivity index (χ1v) is 17.0. The Balaban J connectivity index is 1.68. The van der Waals surface area contributed by atoms with Crippen molar-refractivity contribution in [2.45, 2.75) is 57.9 Å². The van der Waals surface area contributed by atoms with E-state index in [4.69, 9.17) is 9.84 Å². The minimum absolute atomic E-state index is 0.0159. The molecule has 0 bridgehead atoms. The summed E-state index contributed by atoms with van der Waals surface area (Å²) in [6.07, 6.45) is 0. The number of halogens is 3. The number of piperazine rings is 1. The highest BCUT2D eigenvalue weighted by Gasteiger charge is 2.48. The molecule has 3 aromatic carbocycles. The van der Waals surface area contributed by atoms with Crippen LogP contribution in [0.3, 0.4) is 0 Å². The average Bonchev–Trinajstić information content (AvgIpc) is 3.03. The lowest BCUT2D eigenvalue weighted by atomic mass is 9.92. The molecule has 0 spiro atoms. The van der Waals surface area contributed by atoms with Crippen molar-refractivity contribution in [1.82, 2.24) is 14.7 Å². The van der Waals surface area contributed by atoms with E-state index in [1.54, 1.807) is 47.4 Å². The molecule has 1 N–H and O–H groups in total. The van der Waals surface area contributed by atoms with Crippen molar-refractivity contribution < 1.29 is 45.2 Å². The molecule has 1 saturated heterocycles. The number of alkyl halides is 3. The summed E-state index contributed by atoms with van der Waals surface area (Å²) >= 11 is 0. The summed E-state index contributed by atoms with van der Waals surface area (Å²) in [6.45, 7) is 10.1. The fraction of sp³-hybridized carbons (Fsp3) is 0.412. The van der Waals surface area contributed by atoms with Gasteiger partial charge in [-0.15, -0.1) is 0 Å². The van der Waals surface area contributed by atoms with Crippen LogP contribution in [-0.4, -0.2) is 90.5 Å². The molecule has 1 aliphatic rings. The van der Waals surface area contributed by atoms with E-state index in [0.717, 1.165) is 11.6 Å². The van der Waals surface area contributed by atoms with Gasteiger partial charge in [0, 0.05) is 50.4 Å². The number of aliphatic carboxylic acids is 1. The molecular formula is C34H40F3N3O7S. The summed E-state index contributed by atoms with van der Waals surface area (Å²) in [5.41, 5.74) is -3.01. The number of amides is 1. The van der Waals surface area contributed by atoms with Crippen molar-refractivity contribution in [1.29, 1.82) is 0 Å². The van der Waals surface area contributed by atoms with Crippen LogP contribution in [0.1, 0.15) is 60.8 Å². The molecule has 1 fully saturated rings. The summed E-state index contributed by atoms with van der Waals surface area (Å²) in [6, 6.07) is 19.2. The minimum Gasteiger partial charge on any atom is -0.482 e. The molecular weight excluding hydrogens is 651 g/mol. The molecule has 1 amide bonds. The summed E-state index contributed by atoms with van der Waals surface area (Å²) in [4.78, 5) is 30.4. The van der Waals surface area contributed by atoms with Crippen LogP contribution in [0.25, 0.3) is 0 Å².